The Bertz CT molecular complexity index is 499. The quantitative estimate of drug-likeness (QED) is 0.168. The summed E-state index contributed by atoms with van der Waals surface area (Å²) >= 11 is 0. The molecule has 226 valence electrons. The molecule has 0 aromatic rings. The Labute approximate surface area is 233 Å². The van der Waals surface area contributed by atoms with Gasteiger partial charge >= 0.3 is 0 Å². The molecule has 1 aliphatic carbocycles. The van der Waals surface area contributed by atoms with E-state index in [0.29, 0.717) is 5.78 Å². The largest absolute Gasteiger partial charge is 0.545 e. The van der Waals surface area contributed by atoms with E-state index in [0.717, 1.165) is 50.0 Å². The SMILES string of the molecule is C=CC(=O)[O-].C=CC(=O)[O-].C=CC(=O)[O-].C=CC(=O)[O-].O=C1CCCC1.OC[PH3+].OC[PH3+].OC[PH3+].OC[PH3+]. The van der Waals surface area contributed by atoms with E-state index in [9.17, 15) is 4.79 Å². The van der Waals surface area contributed by atoms with Gasteiger partial charge < -0.3 is 60.0 Å². The maximum Gasteiger partial charge on any atom is 0.147 e. The number of hydrogen-bond acceptors (Lipinski definition) is 13. The van der Waals surface area contributed by atoms with E-state index in [1.807, 2.05) is 0 Å². The molecule has 0 spiro atoms. The van der Waals surface area contributed by atoms with Crippen LogP contribution in [0.2, 0.25) is 0 Å². The molecule has 1 aliphatic rings. The zero-order valence-corrected chi connectivity index (χ0v) is 27.2. The van der Waals surface area contributed by atoms with Crippen LogP contribution in [0.25, 0.3) is 0 Å². The number of carbonyl (C=O) groups is 5. The third kappa shape index (κ3) is 218. The predicted octanol–water partition coefficient (Wildman–Crippen LogP) is -5.01. The number of aliphatic hydroxyl groups is 4. The van der Waals surface area contributed by atoms with Crippen molar-refractivity contribution in [2.45, 2.75) is 25.7 Å². The van der Waals surface area contributed by atoms with Crippen LogP contribution in [0.15, 0.2) is 50.6 Å². The van der Waals surface area contributed by atoms with Crippen molar-refractivity contribution in [1.29, 1.82) is 0 Å². The summed E-state index contributed by atoms with van der Waals surface area (Å²) in [5, 5.41) is 66.9. The summed E-state index contributed by atoms with van der Waals surface area (Å²) in [6.45, 7) is 11.6. The Morgan fingerprint density at radius 1 is 0.579 bits per heavy atom. The summed E-state index contributed by atoms with van der Waals surface area (Å²) in [5.41, 5.74) is 0. The topological polar surface area (TPSA) is 259 Å². The van der Waals surface area contributed by atoms with Gasteiger partial charge in [0.05, 0.1) is 23.9 Å². The highest BCUT2D eigenvalue weighted by Gasteiger charge is 2.07. The first-order chi connectivity index (χ1) is 17.6. The van der Waals surface area contributed by atoms with Crippen LogP contribution >= 0.6 is 37.0 Å². The Balaban J connectivity index is -0.0000000450. The second kappa shape index (κ2) is 64.8. The van der Waals surface area contributed by atoms with Gasteiger partial charge in [0.2, 0.25) is 0 Å². The highest BCUT2D eigenvalue weighted by molar-refractivity contribution is 7.16. The molecule has 17 heteroatoms. The summed E-state index contributed by atoms with van der Waals surface area (Å²) in [6, 6.07) is 0. The van der Waals surface area contributed by atoms with Crippen LogP contribution in [0.1, 0.15) is 25.7 Å². The Morgan fingerprint density at radius 2 is 0.684 bits per heavy atom. The number of carboxylic acid groups (broad SMARTS) is 4. The summed E-state index contributed by atoms with van der Waals surface area (Å²) in [4.78, 5) is 46.8. The van der Waals surface area contributed by atoms with Crippen molar-refractivity contribution in [1.82, 2.24) is 0 Å². The Kier molecular flexibility index (Phi) is 96.0. The van der Waals surface area contributed by atoms with E-state index < -0.39 is 23.9 Å². The van der Waals surface area contributed by atoms with Gasteiger partial charge in [0.1, 0.15) is 31.2 Å². The van der Waals surface area contributed by atoms with Crippen LogP contribution in [0.3, 0.4) is 0 Å². The van der Waals surface area contributed by atoms with Crippen LogP contribution in [-0.4, -0.2) is 75.5 Å². The Morgan fingerprint density at radius 3 is 0.711 bits per heavy atom. The maximum atomic E-state index is 10.2. The van der Waals surface area contributed by atoms with Gasteiger partial charge in [-0.15, -0.1) is 0 Å². The molecule has 13 nitrogen and oxygen atoms in total. The van der Waals surface area contributed by atoms with Crippen molar-refractivity contribution in [3.8, 4) is 0 Å². The standard InChI is InChI=1S/C5H8O.4C3H4O2.4CH5OP/c6-5-3-1-2-4-5;4*1-2-3(4)5;4*2-1-3/h1-4H2;4*2H,1H2,(H,4,5);4*2H,1,3H2. The number of aliphatic hydroxyl groups excluding tert-OH is 4. The van der Waals surface area contributed by atoms with Crippen LogP contribution < -0.4 is 20.4 Å². The number of hydrogen-bond donors (Lipinski definition) is 4. The van der Waals surface area contributed by atoms with E-state index in [2.05, 4.69) is 26.3 Å². The van der Waals surface area contributed by atoms with Crippen LogP contribution in [0.4, 0.5) is 0 Å². The van der Waals surface area contributed by atoms with Gasteiger partial charge in [-0.05, 0) is 37.1 Å². The molecular formula is C21H44O13P4. The van der Waals surface area contributed by atoms with E-state index in [-0.39, 0.29) is 25.4 Å². The molecule has 4 unspecified atom stereocenters. The molecule has 0 bridgehead atoms. The van der Waals surface area contributed by atoms with Gasteiger partial charge in [0.15, 0.2) is 0 Å². The molecular weight excluding hydrogens is 584 g/mol. The number of carbonyl (C=O) groups excluding carboxylic acids is 5. The van der Waals surface area contributed by atoms with E-state index in [4.69, 9.17) is 60.0 Å². The zero-order valence-electron chi connectivity index (χ0n) is 21.6. The van der Waals surface area contributed by atoms with Gasteiger partial charge in [-0.3, -0.25) is 4.79 Å². The number of aliphatic carboxylic acids is 4. The molecule has 0 radical (unpaired) electrons. The first-order valence-electron chi connectivity index (χ1n) is 10.1. The van der Waals surface area contributed by atoms with Gasteiger partial charge in [0.25, 0.3) is 0 Å². The molecule has 38 heavy (non-hydrogen) atoms. The first kappa shape index (κ1) is 56.3. The molecule has 0 amide bonds. The van der Waals surface area contributed by atoms with E-state index >= 15 is 0 Å². The number of rotatable bonds is 4. The normalized spacial score (nSPS) is 9.11. The molecule has 1 saturated carbocycles. The third-order valence-electron chi connectivity index (χ3n) is 1.83. The lowest BCUT2D eigenvalue weighted by Crippen LogP contribution is -2.17. The molecule has 4 N–H and O–H groups in total. The minimum Gasteiger partial charge on any atom is -0.545 e. The molecule has 1 fully saturated rings. The highest BCUT2D eigenvalue weighted by Crippen LogP contribution is 2.11. The second-order valence-corrected chi connectivity index (χ2v) is 6.52. The second-order valence-electron chi connectivity index (χ2n) is 4.73. The molecule has 0 heterocycles. The monoisotopic (exact) mass is 628 g/mol. The zero-order chi connectivity index (χ0) is 32.4. The van der Waals surface area contributed by atoms with Crippen molar-refractivity contribution in [2.75, 3.05) is 25.4 Å². The predicted molar refractivity (Wildman–Crippen MR) is 157 cm³/mol. The summed E-state index contributed by atoms with van der Waals surface area (Å²) < 4.78 is 0. The summed E-state index contributed by atoms with van der Waals surface area (Å²) in [5.74, 6) is -4.47. The van der Waals surface area contributed by atoms with Crippen molar-refractivity contribution >= 4 is 66.6 Å². The van der Waals surface area contributed by atoms with Crippen LogP contribution in [-0.2, 0) is 24.0 Å². The fourth-order valence-corrected chi connectivity index (χ4v) is 0.769. The molecule has 1 rings (SSSR count). The highest BCUT2D eigenvalue weighted by atomic mass is 31.0. The number of carboxylic acids is 4. The molecule has 0 aromatic heterocycles. The summed E-state index contributed by atoms with van der Waals surface area (Å²) in [6.07, 6.45) is 7.97. The van der Waals surface area contributed by atoms with Gasteiger partial charge in [0, 0.05) is 49.8 Å². The minimum absolute atomic E-state index is 0.278. The fourth-order valence-electron chi connectivity index (χ4n) is 0.769. The average Bonchev–Trinajstić information content (AvgIpc) is 3.33. The number of ketones is 1. The number of Topliss-reactive ketones (excluding diaryl/α,β-unsaturated/α-hetero) is 1. The Hall–Kier alpha value is -1.93. The lowest BCUT2D eigenvalue weighted by Gasteiger charge is -1.81. The molecule has 0 aromatic carbocycles. The van der Waals surface area contributed by atoms with Crippen molar-refractivity contribution in [3.05, 3.63) is 50.6 Å². The smallest absolute Gasteiger partial charge is 0.147 e. The fraction of sp³-hybridized carbons (Fsp3) is 0.381. The lowest BCUT2D eigenvalue weighted by molar-refractivity contribution is -0.298. The van der Waals surface area contributed by atoms with Crippen LogP contribution in [0, 0.1) is 0 Å². The minimum atomic E-state index is -1.23. The lowest BCUT2D eigenvalue weighted by atomic mass is 10.4. The van der Waals surface area contributed by atoms with Gasteiger partial charge in [-0.25, -0.2) is 0 Å². The van der Waals surface area contributed by atoms with Gasteiger partial charge in [-0.1, -0.05) is 26.3 Å². The maximum absolute atomic E-state index is 10.2. The van der Waals surface area contributed by atoms with Crippen molar-refractivity contribution in [2.24, 2.45) is 0 Å². The average molecular weight is 628 g/mol. The molecule has 0 aliphatic heterocycles. The van der Waals surface area contributed by atoms with Crippen molar-refractivity contribution < 1.29 is 64.8 Å². The summed E-state index contributed by atoms with van der Waals surface area (Å²) in [7, 11) is 6.12. The molecule has 0 saturated heterocycles. The first-order valence-corrected chi connectivity index (χ1v) is 14.1. The van der Waals surface area contributed by atoms with E-state index in [1.165, 1.54) is 37.0 Å². The van der Waals surface area contributed by atoms with E-state index in [1.54, 1.807) is 0 Å². The van der Waals surface area contributed by atoms with Crippen LogP contribution in [0.5, 0.6) is 0 Å². The third-order valence-corrected chi connectivity index (χ3v) is 1.83. The molecule has 4 atom stereocenters. The van der Waals surface area contributed by atoms with Gasteiger partial charge in [-0.2, -0.15) is 0 Å². The van der Waals surface area contributed by atoms with Crippen molar-refractivity contribution in [3.63, 3.8) is 0 Å².